The van der Waals surface area contributed by atoms with Crippen molar-refractivity contribution in [1.29, 1.82) is 0 Å². The van der Waals surface area contributed by atoms with Crippen molar-refractivity contribution < 1.29 is 21.6 Å². The van der Waals surface area contributed by atoms with E-state index in [9.17, 15) is 21.6 Å². The number of nitrogens with zero attached hydrogens (tertiary/aromatic N) is 1. The molecule has 2 aliphatic rings. The first-order chi connectivity index (χ1) is 12.2. The van der Waals surface area contributed by atoms with Gasteiger partial charge in [-0.15, -0.1) is 0 Å². The van der Waals surface area contributed by atoms with E-state index in [1.54, 1.807) is 0 Å². The zero-order valence-electron chi connectivity index (χ0n) is 14.7. The first-order valence-corrected chi connectivity index (χ1v) is 12.0. The van der Waals surface area contributed by atoms with E-state index in [2.05, 4.69) is 12.2 Å². The maximum absolute atomic E-state index is 12.7. The van der Waals surface area contributed by atoms with Gasteiger partial charge in [-0.05, 0) is 49.4 Å². The molecule has 0 aliphatic carbocycles. The third-order valence-corrected chi connectivity index (χ3v) is 8.75. The molecule has 3 rings (SSSR count). The molecule has 1 amide bonds. The number of sulfone groups is 1. The van der Waals surface area contributed by atoms with Gasteiger partial charge in [0.25, 0.3) is 5.91 Å². The lowest BCUT2D eigenvalue weighted by Gasteiger charge is -2.29. The lowest BCUT2D eigenvalue weighted by molar-refractivity contribution is 0.0941. The molecule has 0 unspecified atom stereocenters. The number of hydrogen-bond donors (Lipinski definition) is 1. The maximum Gasteiger partial charge on any atom is 0.251 e. The first kappa shape index (κ1) is 19.3. The summed E-state index contributed by atoms with van der Waals surface area (Å²) in [4.78, 5) is 12.4. The van der Waals surface area contributed by atoms with Crippen LogP contribution in [-0.4, -0.2) is 57.7 Å². The van der Waals surface area contributed by atoms with E-state index in [-0.39, 0.29) is 28.4 Å². The number of piperidine rings is 1. The summed E-state index contributed by atoms with van der Waals surface area (Å²) >= 11 is 0. The van der Waals surface area contributed by atoms with Gasteiger partial charge in [-0.1, -0.05) is 6.92 Å². The first-order valence-electron chi connectivity index (χ1n) is 8.79. The Balaban J connectivity index is 1.67. The Kier molecular flexibility index (Phi) is 5.41. The number of rotatable bonds is 4. The van der Waals surface area contributed by atoms with Gasteiger partial charge in [0.05, 0.1) is 16.4 Å². The average molecular weight is 401 g/mol. The van der Waals surface area contributed by atoms with Gasteiger partial charge < -0.3 is 5.32 Å². The molecular formula is C17H24N2O5S2. The van der Waals surface area contributed by atoms with Crippen LogP contribution in [0.4, 0.5) is 0 Å². The Morgan fingerprint density at radius 3 is 2.27 bits per heavy atom. The molecule has 1 aromatic carbocycles. The molecule has 0 radical (unpaired) electrons. The molecule has 0 saturated carbocycles. The van der Waals surface area contributed by atoms with Crippen molar-refractivity contribution in [2.24, 2.45) is 5.92 Å². The van der Waals surface area contributed by atoms with Crippen molar-refractivity contribution in [2.45, 2.75) is 37.1 Å². The van der Waals surface area contributed by atoms with Crippen molar-refractivity contribution >= 4 is 25.8 Å². The topological polar surface area (TPSA) is 101 Å². The Morgan fingerprint density at radius 1 is 1.12 bits per heavy atom. The number of hydrogen-bond acceptors (Lipinski definition) is 5. The fraction of sp³-hybridized carbons (Fsp3) is 0.588. The highest BCUT2D eigenvalue weighted by Crippen LogP contribution is 2.23. The van der Waals surface area contributed by atoms with E-state index < -0.39 is 19.9 Å². The van der Waals surface area contributed by atoms with Crippen molar-refractivity contribution in [3.05, 3.63) is 29.8 Å². The van der Waals surface area contributed by atoms with Crippen LogP contribution in [0.2, 0.25) is 0 Å². The highest BCUT2D eigenvalue weighted by molar-refractivity contribution is 7.91. The third-order valence-electron chi connectivity index (χ3n) is 5.06. The summed E-state index contributed by atoms with van der Waals surface area (Å²) in [6, 6.07) is 5.43. The Hall–Kier alpha value is -1.45. The molecule has 7 nitrogen and oxygen atoms in total. The lowest BCUT2D eigenvalue weighted by atomic mass is 10.0. The van der Waals surface area contributed by atoms with Crippen molar-refractivity contribution in [2.75, 3.05) is 24.6 Å². The summed E-state index contributed by atoms with van der Waals surface area (Å²) in [5.41, 5.74) is 0.320. The van der Waals surface area contributed by atoms with Crippen molar-refractivity contribution in [3.8, 4) is 0 Å². The molecule has 2 heterocycles. The number of carbonyl (C=O) groups is 1. The largest absolute Gasteiger partial charge is 0.348 e. The normalized spacial score (nSPS) is 24.4. The average Bonchev–Trinajstić information content (AvgIpc) is 2.94. The van der Waals surface area contributed by atoms with Crippen LogP contribution < -0.4 is 5.32 Å². The molecule has 1 atom stereocenters. The van der Waals surface area contributed by atoms with Crippen LogP contribution in [0.1, 0.15) is 36.5 Å². The minimum absolute atomic E-state index is 0.0431. The van der Waals surface area contributed by atoms with E-state index in [4.69, 9.17) is 0 Å². The summed E-state index contributed by atoms with van der Waals surface area (Å²) in [6.07, 6.45) is 2.11. The lowest BCUT2D eigenvalue weighted by Crippen LogP contribution is -2.38. The minimum Gasteiger partial charge on any atom is -0.348 e. The summed E-state index contributed by atoms with van der Waals surface area (Å²) < 4.78 is 49.8. The fourth-order valence-corrected chi connectivity index (χ4v) is 6.47. The number of amides is 1. The molecule has 2 aliphatic heterocycles. The van der Waals surface area contributed by atoms with E-state index in [1.165, 1.54) is 28.6 Å². The quantitative estimate of drug-likeness (QED) is 0.813. The van der Waals surface area contributed by atoms with E-state index in [0.717, 1.165) is 12.8 Å². The molecule has 0 aromatic heterocycles. The molecule has 2 saturated heterocycles. The van der Waals surface area contributed by atoms with Gasteiger partial charge in [0.1, 0.15) is 0 Å². The van der Waals surface area contributed by atoms with Crippen LogP contribution in [0.25, 0.3) is 0 Å². The number of carbonyl (C=O) groups excluding carboxylic acids is 1. The van der Waals surface area contributed by atoms with Crippen LogP contribution in [0, 0.1) is 5.92 Å². The van der Waals surface area contributed by atoms with Crippen LogP contribution in [0.3, 0.4) is 0 Å². The van der Waals surface area contributed by atoms with Gasteiger partial charge in [-0.3, -0.25) is 4.79 Å². The Bertz CT molecular complexity index is 870. The van der Waals surface area contributed by atoms with Gasteiger partial charge in [-0.2, -0.15) is 4.31 Å². The molecule has 26 heavy (non-hydrogen) atoms. The monoisotopic (exact) mass is 400 g/mol. The van der Waals surface area contributed by atoms with Crippen molar-refractivity contribution in [3.63, 3.8) is 0 Å². The summed E-state index contributed by atoms with van der Waals surface area (Å²) in [5, 5.41) is 2.70. The van der Waals surface area contributed by atoms with Gasteiger partial charge in [0.2, 0.25) is 10.0 Å². The third kappa shape index (κ3) is 4.27. The van der Waals surface area contributed by atoms with Crippen LogP contribution in [0.15, 0.2) is 29.2 Å². The smallest absolute Gasteiger partial charge is 0.251 e. The van der Waals surface area contributed by atoms with E-state index >= 15 is 0 Å². The predicted molar refractivity (Wildman–Crippen MR) is 98.1 cm³/mol. The second-order valence-corrected chi connectivity index (χ2v) is 11.4. The minimum atomic E-state index is -3.54. The zero-order valence-corrected chi connectivity index (χ0v) is 16.4. The standard InChI is InChI=1S/C17H24N2O5S2/c1-13-6-9-19(10-7-13)26(23,24)16-4-2-14(3-5-16)17(20)18-15-8-11-25(21,22)12-15/h2-5,13,15H,6-12H2,1H3,(H,18,20)/t15-/m0/s1. The van der Waals surface area contributed by atoms with Crippen LogP contribution in [-0.2, 0) is 19.9 Å². The molecule has 1 N–H and O–H groups in total. The molecule has 1 aromatic rings. The Morgan fingerprint density at radius 2 is 1.73 bits per heavy atom. The Labute approximate surface area is 154 Å². The molecule has 0 bridgehead atoms. The number of sulfonamides is 1. The van der Waals surface area contributed by atoms with Gasteiger partial charge >= 0.3 is 0 Å². The van der Waals surface area contributed by atoms with Gasteiger partial charge in [0.15, 0.2) is 9.84 Å². The number of nitrogens with one attached hydrogen (secondary N) is 1. The van der Waals surface area contributed by atoms with Gasteiger partial charge in [-0.25, -0.2) is 16.8 Å². The highest BCUT2D eigenvalue weighted by Gasteiger charge is 2.30. The maximum atomic E-state index is 12.7. The molecule has 2 fully saturated rings. The number of benzene rings is 1. The molecule has 144 valence electrons. The predicted octanol–water partition coefficient (Wildman–Crippen LogP) is 1.02. The van der Waals surface area contributed by atoms with E-state index in [0.29, 0.717) is 31.0 Å². The van der Waals surface area contributed by atoms with Gasteiger partial charge in [0, 0.05) is 24.7 Å². The fourth-order valence-electron chi connectivity index (χ4n) is 3.33. The summed E-state index contributed by atoms with van der Waals surface area (Å²) in [5.74, 6) is 0.192. The second-order valence-electron chi connectivity index (χ2n) is 7.18. The summed E-state index contributed by atoms with van der Waals surface area (Å²) in [7, 11) is -6.61. The second kappa shape index (κ2) is 7.28. The van der Waals surface area contributed by atoms with E-state index in [1.807, 2.05) is 0 Å². The summed E-state index contributed by atoms with van der Waals surface area (Å²) in [6.45, 7) is 3.15. The van der Waals surface area contributed by atoms with Crippen molar-refractivity contribution in [1.82, 2.24) is 9.62 Å². The molecular weight excluding hydrogens is 376 g/mol. The SMILES string of the molecule is CC1CCN(S(=O)(=O)c2ccc(C(=O)N[C@H]3CCS(=O)(=O)C3)cc2)CC1. The van der Waals surface area contributed by atoms with Crippen LogP contribution in [0.5, 0.6) is 0 Å². The highest BCUT2D eigenvalue weighted by atomic mass is 32.2. The molecule has 0 spiro atoms. The zero-order chi connectivity index (χ0) is 18.9. The van der Waals surface area contributed by atoms with Crippen LogP contribution >= 0.6 is 0 Å². The molecule has 9 heteroatoms.